The van der Waals surface area contributed by atoms with Crippen molar-refractivity contribution < 1.29 is 143 Å². The minimum Gasteiger partial charge on any atom is -0.432 e. The molecule has 11 rings (SSSR count). The van der Waals surface area contributed by atoms with E-state index in [0.29, 0.717) is 38.5 Å². The average Bonchev–Trinajstić information content (AvgIpc) is 0.672. The summed E-state index contributed by atoms with van der Waals surface area (Å²) in [5.74, 6) is -1.49. The van der Waals surface area contributed by atoms with Gasteiger partial charge in [-0.2, -0.15) is 0 Å². The van der Waals surface area contributed by atoms with Gasteiger partial charge >= 0.3 is 5.97 Å². The summed E-state index contributed by atoms with van der Waals surface area (Å²) in [5, 5.41) is 170. The Bertz CT molecular complexity index is 2770. The van der Waals surface area contributed by atoms with Gasteiger partial charge < -0.3 is 139 Å². The molecule has 30 heteroatoms. The van der Waals surface area contributed by atoms with Gasteiger partial charge in [-0.25, -0.2) is 0 Å². The number of carbonyl (C=O) groups excluding carboxylic acids is 2. The number of aliphatic hydroxyl groups excluding tert-OH is 15. The lowest BCUT2D eigenvalue weighted by atomic mass is 9.33. The highest BCUT2D eigenvalue weighted by Gasteiger charge is 2.72. The molecule has 5 aliphatic carbocycles. The van der Waals surface area contributed by atoms with Gasteiger partial charge in [0.05, 0.1) is 50.3 Å². The third-order valence-electron chi connectivity index (χ3n) is 25.1. The molecule has 10 fully saturated rings. The van der Waals surface area contributed by atoms with Crippen molar-refractivity contribution in [1.29, 1.82) is 0 Å². The highest BCUT2D eigenvalue weighted by Crippen LogP contribution is 2.76. The Morgan fingerprint density at radius 3 is 1.75 bits per heavy atom. The first-order valence-electron chi connectivity index (χ1n) is 34.3. The van der Waals surface area contributed by atoms with E-state index in [1.165, 1.54) is 27.7 Å². The van der Waals surface area contributed by atoms with Crippen molar-refractivity contribution in [3.8, 4) is 0 Å². The first kappa shape index (κ1) is 74.8. The van der Waals surface area contributed by atoms with Crippen LogP contribution in [0.4, 0.5) is 0 Å². The summed E-state index contributed by atoms with van der Waals surface area (Å²) in [5.41, 5.74) is -2.22. The molecule has 37 atom stereocenters. The van der Waals surface area contributed by atoms with Crippen LogP contribution in [0, 0.1) is 50.2 Å². The fraction of sp³-hybridized carbons (Fsp3) is 0.939. The van der Waals surface area contributed by atoms with Crippen LogP contribution in [0.5, 0.6) is 0 Å². The van der Waals surface area contributed by atoms with Crippen LogP contribution in [-0.2, 0) is 66.4 Å². The molecular formula is C66H107NO29. The van der Waals surface area contributed by atoms with E-state index in [2.05, 4.69) is 59.9 Å². The predicted molar refractivity (Wildman–Crippen MR) is 325 cm³/mol. The first-order chi connectivity index (χ1) is 44.8. The quantitative estimate of drug-likeness (QED) is 0.0471. The third kappa shape index (κ3) is 12.9. The summed E-state index contributed by atoms with van der Waals surface area (Å²) in [6, 6.07) is -1.27. The molecule has 11 aliphatic rings. The van der Waals surface area contributed by atoms with E-state index in [1.807, 2.05) is 0 Å². The molecule has 4 saturated carbocycles. The van der Waals surface area contributed by atoms with E-state index in [9.17, 15) is 86.2 Å². The number of carbonyl (C=O) groups is 2. The number of rotatable bonds is 14. The Kier molecular flexibility index (Phi) is 21.6. The summed E-state index contributed by atoms with van der Waals surface area (Å²) in [6.07, 6.45) is -36.7. The number of ether oxygens (including phenoxy) is 12. The molecule has 550 valence electrons. The Balaban J connectivity index is 0.752. The van der Waals surface area contributed by atoms with Gasteiger partial charge in [0.15, 0.2) is 31.5 Å². The van der Waals surface area contributed by atoms with Gasteiger partial charge in [0.25, 0.3) is 0 Å². The molecule has 0 aromatic heterocycles. The molecule has 6 saturated heterocycles. The molecule has 1 amide bonds. The fourth-order valence-electron chi connectivity index (χ4n) is 19.2. The molecular weight excluding hydrogens is 1270 g/mol. The summed E-state index contributed by atoms with van der Waals surface area (Å²) in [7, 11) is 0. The molecule has 0 radical (unpaired) electrons. The molecule has 6 aliphatic heterocycles. The molecule has 30 nitrogen and oxygen atoms in total. The molecule has 0 aromatic rings. The molecule has 0 spiro atoms. The average molecular weight is 1380 g/mol. The van der Waals surface area contributed by atoms with E-state index in [0.717, 1.165) is 18.4 Å². The van der Waals surface area contributed by atoms with Crippen molar-refractivity contribution in [3.63, 3.8) is 0 Å². The molecule has 96 heavy (non-hydrogen) atoms. The fourth-order valence-corrected chi connectivity index (χ4v) is 19.2. The standard InChI is InChI=1S/C66H107NO29/c1-25-39(72)45(78)47(80)58(89-25)95-53-41(74)27(3)90-59(50(53)83)93-51-32(70)23-86-57(48(51)81)94-52-40(73)26(2)88-56(49(52)82)87-24-33-43(76)44(77)38(67-28(4)68)54(91-33)92-37-15-16-63(9)34(62(37,7)8)14-17-64(10)35(63)13-12-29-30-20-61(5,6)18-19-66(30,36(71)21-65(29,64)11)60(84)96-55-46(79)42(75)31(69)22-85-55/h12,25-27,30-59,69-83H,13-24H2,1-11H3,(H,67,68)/t25?,26?,27?,30-,31?,32?,33+,34?,35?,36?,37-,38+,39?,40?,41?,42?,43+,44+,45?,46?,47?,48?,49?,50?,51?,52?,53?,54-,55?,56?,57?,58?,59?,63-,64+,65+,66+/m1/s1. The minimum atomic E-state index is -1.93. The Hall–Kier alpha value is -2.36. The van der Waals surface area contributed by atoms with Crippen LogP contribution in [0.2, 0.25) is 0 Å². The minimum absolute atomic E-state index is 0.0498. The SMILES string of the molecule is CC(=O)N[C@@H]1[C@@H](O[C@@H]2CC[C@]3(C)C(CC[C@@]4(C)C3CC=C3[C@H]5CC(C)(C)CC[C@@]5(C(=O)OC5OCC(O)C(O)C5O)C(O)C[C@@]34C)C2(C)C)O[C@@H](COC2OC(C)C(O)C(OC3OCC(O)C(OC4OC(C)C(O)C(OC5OC(C)C(O)C(O)C5O)C4O)C3O)C2O)[C@H](O)[C@H]1O. The number of hydrogen-bond donors (Lipinski definition) is 16. The monoisotopic (exact) mass is 1380 g/mol. The molecule has 0 bridgehead atoms. The number of hydrogen-bond acceptors (Lipinski definition) is 29. The van der Waals surface area contributed by atoms with E-state index in [4.69, 9.17) is 56.8 Å². The van der Waals surface area contributed by atoms with E-state index in [-0.39, 0.29) is 41.1 Å². The zero-order chi connectivity index (χ0) is 70.2. The van der Waals surface area contributed by atoms with Crippen molar-refractivity contribution >= 4 is 11.9 Å². The maximum atomic E-state index is 14.8. The number of allylic oxidation sites excluding steroid dienone is 2. The van der Waals surface area contributed by atoms with Gasteiger partial charge in [-0.3, -0.25) is 9.59 Å². The molecule has 6 heterocycles. The van der Waals surface area contributed by atoms with Crippen LogP contribution >= 0.6 is 0 Å². The van der Waals surface area contributed by atoms with Crippen LogP contribution in [0.25, 0.3) is 0 Å². The van der Waals surface area contributed by atoms with Gasteiger partial charge in [0.2, 0.25) is 12.2 Å². The number of aliphatic hydroxyl groups is 15. The lowest BCUT2D eigenvalue weighted by Crippen LogP contribution is -2.69. The Labute approximate surface area is 558 Å². The second-order valence-corrected chi connectivity index (χ2v) is 31.8. The Morgan fingerprint density at radius 2 is 1.09 bits per heavy atom. The number of esters is 1. The molecule has 16 N–H and O–H groups in total. The second kappa shape index (κ2) is 27.7. The Morgan fingerprint density at radius 1 is 0.531 bits per heavy atom. The van der Waals surface area contributed by atoms with Gasteiger partial charge in [0, 0.05) is 6.92 Å². The maximum Gasteiger partial charge on any atom is 0.317 e. The molecule has 0 aromatic carbocycles. The smallest absolute Gasteiger partial charge is 0.317 e. The third-order valence-corrected chi connectivity index (χ3v) is 25.1. The topological polar surface area (TPSA) is 460 Å². The van der Waals surface area contributed by atoms with E-state index >= 15 is 0 Å². The van der Waals surface area contributed by atoms with Gasteiger partial charge in [-0.15, -0.1) is 0 Å². The number of fused-ring (bicyclic) bond motifs is 7. The van der Waals surface area contributed by atoms with Crippen LogP contribution in [-0.4, -0.2) is 292 Å². The van der Waals surface area contributed by atoms with Gasteiger partial charge in [-0.1, -0.05) is 60.1 Å². The highest BCUT2D eigenvalue weighted by atomic mass is 16.8. The number of amides is 1. The van der Waals surface area contributed by atoms with Crippen molar-refractivity contribution in [2.75, 3.05) is 19.8 Å². The van der Waals surface area contributed by atoms with E-state index in [1.54, 1.807) is 0 Å². The zero-order valence-electron chi connectivity index (χ0n) is 56.5. The highest BCUT2D eigenvalue weighted by molar-refractivity contribution is 5.80. The summed E-state index contributed by atoms with van der Waals surface area (Å²) < 4.78 is 71.5. The van der Waals surface area contributed by atoms with E-state index < -0.39 is 231 Å². The first-order valence-corrected chi connectivity index (χ1v) is 34.3. The maximum absolute atomic E-state index is 14.8. The second-order valence-electron chi connectivity index (χ2n) is 31.8. The van der Waals surface area contributed by atoms with Crippen molar-refractivity contribution in [3.05, 3.63) is 11.6 Å². The number of nitrogens with one attached hydrogen (secondary N) is 1. The van der Waals surface area contributed by atoms with Crippen LogP contribution < -0.4 is 5.32 Å². The van der Waals surface area contributed by atoms with Crippen LogP contribution in [0.1, 0.15) is 134 Å². The summed E-state index contributed by atoms with van der Waals surface area (Å²) in [6.45, 7) is 19.6. The van der Waals surface area contributed by atoms with Crippen molar-refractivity contribution in [1.82, 2.24) is 5.32 Å². The van der Waals surface area contributed by atoms with Gasteiger partial charge in [-0.05, 0) is 123 Å². The van der Waals surface area contributed by atoms with Crippen molar-refractivity contribution in [2.45, 2.75) is 318 Å². The lowest BCUT2D eigenvalue weighted by molar-refractivity contribution is -0.380. The molecule has 26 unspecified atom stereocenters. The zero-order valence-corrected chi connectivity index (χ0v) is 56.5. The van der Waals surface area contributed by atoms with Crippen LogP contribution in [0.3, 0.4) is 0 Å². The summed E-state index contributed by atoms with van der Waals surface area (Å²) >= 11 is 0. The normalized spacial score (nSPS) is 54.1. The summed E-state index contributed by atoms with van der Waals surface area (Å²) in [4.78, 5) is 27.6. The lowest BCUT2D eigenvalue weighted by Gasteiger charge is -2.71. The van der Waals surface area contributed by atoms with Crippen LogP contribution in [0.15, 0.2) is 11.6 Å². The largest absolute Gasteiger partial charge is 0.432 e. The van der Waals surface area contributed by atoms with Crippen molar-refractivity contribution in [2.24, 2.45) is 50.2 Å². The predicted octanol–water partition coefficient (Wildman–Crippen LogP) is -2.91. The van der Waals surface area contributed by atoms with Gasteiger partial charge in [0.1, 0.15) is 121 Å².